The Kier molecular flexibility index (Phi) is 5.79. The van der Waals surface area contributed by atoms with E-state index in [2.05, 4.69) is 32.0 Å². The highest BCUT2D eigenvalue weighted by molar-refractivity contribution is 6.07. The highest BCUT2D eigenvalue weighted by Crippen LogP contribution is 2.20. The van der Waals surface area contributed by atoms with E-state index in [-0.39, 0.29) is 5.91 Å². The second-order valence-electron chi connectivity index (χ2n) is 6.47. The van der Waals surface area contributed by atoms with Crippen molar-refractivity contribution in [1.29, 1.82) is 0 Å². The Morgan fingerprint density at radius 3 is 2.66 bits per heavy atom. The largest absolute Gasteiger partial charge is 0.378 e. The Labute approximate surface area is 169 Å². The SMILES string of the molecule is O=C(Nc1cccc(C#Cc2ccccn2)c1)c1cccnc1N1CCOCC1. The summed E-state index contributed by atoms with van der Waals surface area (Å²) in [4.78, 5) is 23.6. The fourth-order valence-corrected chi connectivity index (χ4v) is 3.05. The van der Waals surface area contributed by atoms with E-state index in [0.29, 0.717) is 36.0 Å². The molecule has 2 aromatic heterocycles. The molecule has 29 heavy (non-hydrogen) atoms. The molecule has 1 aliphatic heterocycles. The van der Waals surface area contributed by atoms with Crippen LogP contribution in [0, 0.1) is 11.8 Å². The molecule has 1 N–H and O–H groups in total. The van der Waals surface area contributed by atoms with Gasteiger partial charge in [-0.2, -0.15) is 0 Å². The lowest BCUT2D eigenvalue weighted by Crippen LogP contribution is -2.38. The molecule has 0 aliphatic carbocycles. The number of hydrogen-bond acceptors (Lipinski definition) is 5. The fourth-order valence-electron chi connectivity index (χ4n) is 3.05. The Balaban J connectivity index is 1.52. The van der Waals surface area contributed by atoms with Gasteiger partial charge in [-0.1, -0.05) is 18.1 Å². The summed E-state index contributed by atoms with van der Waals surface area (Å²) in [5.41, 5.74) is 2.72. The van der Waals surface area contributed by atoms with Crippen molar-refractivity contribution < 1.29 is 9.53 Å². The number of nitrogens with zero attached hydrogens (tertiary/aromatic N) is 3. The van der Waals surface area contributed by atoms with Crippen molar-refractivity contribution in [1.82, 2.24) is 9.97 Å². The van der Waals surface area contributed by atoms with Gasteiger partial charge in [0.25, 0.3) is 5.91 Å². The third kappa shape index (κ3) is 4.78. The topological polar surface area (TPSA) is 67.4 Å². The van der Waals surface area contributed by atoms with Crippen LogP contribution in [0.15, 0.2) is 67.0 Å². The zero-order valence-corrected chi connectivity index (χ0v) is 15.8. The average molecular weight is 384 g/mol. The van der Waals surface area contributed by atoms with Crippen LogP contribution in [0.1, 0.15) is 21.6 Å². The molecule has 3 heterocycles. The minimum atomic E-state index is -0.200. The molecule has 1 aromatic carbocycles. The molecule has 4 rings (SSSR count). The van der Waals surface area contributed by atoms with E-state index in [1.54, 1.807) is 24.5 Å². The van der Waals surface area contributed by atoms with Gasteiger partial charge in [-0.25, -0.2) is 9.97 Å². The van der Waals surface area contributed by atoms with Crippen LogP contribution in [0.25, 0.3) is 0 Å². The average Bonchev–Trinajstić information content (AvgIpc) is 2.79. The third-order valence-electron chi connectivity index (χ3n) is 4.46. The molecule has 0 spiro atoms. The Hall–Kier alpha value is -3.69. The molecular formula is C23H20N4O2. The number of nitrogens with one attached hydrogen (secondary N) is 1. The number of ether oxygens (including phenoxy) is 1. The summed E-state index contributed by atoms with van der Waals surface area (Å²) in [5.74, 6) is 6.58. The number of carbonyl (C=O) groups is 1. The molecule has 0 unspecified atom stereocenters. The van der Waals surface area contributed by atoms with Crippen molar-refractivity contribution in [2.24, 2.45) is 0 Å². The summed E-state index contributed by atoms with van der Waals surface area (Å²) >= 11 is 0. The van der Waals surface area contributed by atoms with Crippen molar-refractivity contribution in [3.8, 4) is 11.8 Å². The number of pyridine rings is 2. The lowest BCUT2D eigenvalue weighted by Gasteiger charge is -2.29. The second-order valence-corrected chi connectivity index (χ2v) is 6.47. The van der Waals surface area contributed by atoms with Crippen molar-refractivity contribution in [3.05, 3.63) is 83.8 Å². The van der Waals surface area contributed by atoms with Gasteiger partial charge in [0.2, 0.25) is 0 Å². The first-order valence-electron chi connectivity index (χ1n) is 9.42. The minimum Gasteiger partial charge on any atom is -0.378 e. The lowest BCUT2D eigenvalue weighted by atomic mass is 10.1. The van der Waals surface area contributed by atoms with Gasteiger partial charge in [-0.15, -0.1) is 0 Å². The summed E-state index contributed by atoms with van der Waals surface area (Å²) in [6.07, 6.45) is 3.41. The highest BCUT2D eigenvalue weighted by Gasteiger charge is 2.19. The van der Waals surface area contributed by atoms with Gasteiger partial charge in [0.15, 0.2) is 0 Å². The van der Waals surface area contributed by atoms with Crippen LogP contribution in [0.3, 0.4) is 0 Å². The van der Waals surface area contributed by atoms with Crippen LogP contribution in [-0.2, 0) is 4.74 Å². The maximum Gasteiger partial charge on any atom is 0.259 e. The molecule has 0 atom stereocenters. The van der Waals surface area contributed by atoms with Gasteiger partial charge >= 0.3 is 0 Å². The molecule has 0 bridgehead atoms. The maximum absolute atomic E-state index is 12.9. The van der Waals surface area contributed by atoms with Crippen molar-refractivity contribution in [3.63, 3.8) is 0 Å². The first-order valence-corrected chi connectivity index (χ1v) is 9.42. The summed E-state index contributed by atoms with van der Waals surface area (Å²) in [6.45, 7) is 2.70. The van der Waals surface area contributed by atoms with Gasteiger partial charge in [-0.3, -0.25) is 4.79 Å². The van der Waals surface area contributed by atoms with Gasteiger partial charge in [-0.05, 0) is 48.4 Å². The predicted molar refractivity (Wildman–Crippen MR) is 112 cm³/mol. The van der Waals surface area contributed by atoms with Crippen LogP contribution in [0.4, 0.5) is 11.5 Å². The van der Waals surface area contributed by atoms with E-state index < -0.39 is 0 Å². The van der Waals surface area contributed by atoms with Crippen LogP contribution < -0.4 is 10.2 Å². The summed E-state index contributed by atoms with van der Waals surface area (Å²) in [7, 11) is 0. The van der Waals surface area contributed by atoms with E-state index in [9.17, 15) is 4.79 Å². The summed E-state index contributed by atoms with van der Waals surface area (Å²) < 4.78 is 5.40. The number of amides is 1. The zero-order valence-electron chi connectivity index (χ0n) is 15.8. The first kappa shape index (κ1) is 18.7. The van der Waals surface area contributed by atoms with Crippen molar-refractivity contribution in [2.75, 3.05) is 36.5 Å². The van der Waals surface area contributed by atoms with Crippen LogP contribution in [-0.4, -0.2) is 42.2 Å². The number of anilines is 2. The van der Waals surface area contributed by atoms with E-state index in [1.807, 2.05) is 42.5 Å². The molecule has 3 aromatic rings. The van der Waals surface area contributed by atoms with Crippen LogP contribution >= 0.6 is 0 Å². The number of aromatic nitrogens is 2. The molecule has 144 valence electrons. The predicted octanol–water partition coefficient (Wildman–Crippen LogP) is 2.97. The highest BCUT2D eigenvalue weighted by atomic mass is 16.5. The number of carbonyl (C=O) groups excluding carboxylic acids is 1. The van der Waals surface area contributed by atoms with E-state index in [4.69, 9.17) is 4.74 Å². The molecule has 6 heteroatoms. The lowest BCUT2D eigenvalue weighted by molar-refractivity contribution is 0.102. The zero-order chi connectivity index (χ0) is 19.9. The Morgan fingerprint density at radius 2 is 1.83 bits per heavy atom. The summed E-state index contributed by atoms with van der Waals surface area (Å²) in [6, 6.07) is 16.6. The second kappa shape index (κ2) is 9.00. The van der Waals surface area contributed by atoms with E-state index >= 15 is 0 Å². The smallest absolute Gasteiger partial charge is 0.259 e. The summed E-state index contributed by atoms with van der Waals surface area (Å²) in [5, 5.41) is 2.96. The van der Waals surface area contributed by atoms with E-state index in [0.717, 1.165) is 18.7 Å². The van der Waals surface area contributed by atoms with Gasteiger partial charge in [0, 0.05) is 36.7 Å². The fraction of sp³-hybridized carbons (Fsp3) is 0.174. The Bertz CT molecular complexity index is 1050. The molecule has 0 radical (unpaired) electrons. The molecule has 1 saturated heterocycles. The van der Waals surface area contributed by atoms with Crippen LogP contribution in [0.2, 0.25) is 0 Å². The standard InChI is InChI=1S/C23H20N4O2/c28-23(21-8-4-12-25-22(21)27-13-15-29-16-14-27)26-20-7-3-5-18(17-20)9-10-19-6-1-2-11-24-19/h1-8,11-12,17H,13-16H2,(H,26,28). The maximum atomic E-state index is 12.9. The minimum absolute atomic E-state index is 0.200. The third-order valence-corrected chi connectivity index (χ3v) is 4.46. The molecule has 1 aliphatic rings. The van der Waals surface area contributed by atoms with Gasteiger partial charge < -0.3 is 15.0 Å². The van der Waals surface area contributed by atoms with Crippen molar-refractivity contribution in [2.45, 2.75) is 0 Å². The molecule has 6 nitrogen and oxygen atoms in total. The normalized spacial score (nSPS) is 13.3. The van der Waals surface area contributed by atoms with E-state index in [1.165, 1.54) is 0 Å². The number of hydrogen-bond donors (Lipinski definition) is 1. The number of morpholine rings is 1. The molecule has 0 saturated carbocycles. The number of benzene rings is 1. The Morgan fingerprint density at radius 1 is 0.966 bits per heavy atom. The van der Waals surface area contributed by atoms with Crippen LogP contribution in [0.5, 0.6) is 0 Å². The van der Waals surface area contributed by atoms with Crippen molar-refractivity contribution >= 4 is 17.4 Å². The molecule has 1 amide bonds. The van der Waals surface area contributed by atoms with Gasteiger partial charge in [0.1, 0.15) is 11.5 Å². The molecular weight excluding hydrogens is 364 g/mol. The monoisotopic (exact) mass is 384 g/mol. The van der Waals surface area contributed by atoms with Gasteiger partial charge in [0.05, 0.1) is 18.8 Å². The first-order chi connectivity index (χ1) is 14.3. The number of rotatable bonds is 3. The molecule has 1 fully saturated rings. The quantitative estimate of drug-likeness (QED) is 0.704.